The topological polar surface area (TPSA) is 42.0 Å². The van der Waals surface area contributed by atoms with E-state index in [2.05, 4.69) is 22.4 Å². The molecule has 7 heteroatoms. The van der Waals surface area contributed by atoms with Gasteiger partial charge in [0, 0.05) is 27.3 Å². The number of halogens is 2. The van der Waals surface area contributed by atoms with Crippen LogP contribution in [0.1, 0.15) is 12.8 Å². The highest BCUT2D eigenvalue weighted by Crippen LogP contribution is 2.32. The van der Waals surface area contributed by atoms with Crippen LogP contribution >= 0.6 is 46.3 Å². The molecule has 2 aromatic carbocycles. The molecule has 0 saturated heterocycles. The summed E-state index contributed by atoms with van der Waals surface area (Å²) in [6, 6.07) is 15.4. The number of thiazole rings is 1. The van der Waals surface area contributed by atoms with Gasteiger partial charge in [0.1, 0.15) is 0 Å². The molecule has 0 saturated carbocycles. The van der Waals surface area contributed by atoms with Crippen molar-refractivity contribution in [2.45, 2.75) is 17.7 Å². The Morgan fingerprint density at radius 1 is 1.15 bits per heavy atom. The van der Waals surface area contributed by atoms with Gasteiger partial charge in [-0.25, -0.2) is 4.98 Å². The molecule has 0 radical (unpaired) electrons. The van der Waals surface area contributed by atoms with Crippen molar-refractivity contribution < 1.29 is 4.79 Å². The number of hydrogen-bond acceptors (Lipinski definition) is 4. The number of carbonyl (C=O) groups excluding carboxylic acids is 1. The summed E-state index contributed by atoms with van der Waals surface area (Å²) < 4.78 is 0. The second-order valence-corrected chi connectivity index (χ2v) is 8.35. The fourth-order valence-corrected chi connectivity index (χ4v) is 4.26. The van der Waals surface area contributed by atoms with E-state index in [0.29, 0.717) is 27.3 Å². The summed E-state index contributed by atoms with van der Waals surface area (Å²) in [5, 5.41) is 6.45. The van der Waals surface area contributed by atoms with E-state index in [4.69, 9.17) is 23.2 Å². The molecule has 1 N–H and O–H groups in total. The van der Waals surface area contributed by atoms with Crippen molar-refractivity contribution in [3.63, 3.8) is 0 Å². The normalized spacial score (nSPS) is 10.7. The maximum Gasteiger partial charge on any atom is 0.226 e. The first kappa shape index (κ1) is 19.2. The van der Waals surface area contributed by atoms with Gasteiger partial charge in [0.25, 0.3) is 0 Å². The quantitative estimate of drug-likeness (QED) is 0.343. The second-order valence-electron chi connectivity index (χ2n) is 5.48. The summed E-state index contributed by atoms with van der Waals surface area (Å²) in [6.07, 6.45) is 1.27. The third-order valence-electron chi connectivity index (χ3n) is 3.52. The zero-order chi connectivity index (χ0) is 18.4. The van der Waals surface area contributed by atoms with Gasteiger partial charge in [0.2, 0.25) is 5.91 Å². The van der Waals surface area contributed by atoms with Gasteiger partial charge in [-0.1, -0.05) is 41.4 Å². The average Bonchev–Trinajstić information content (AvgIpc) is 3.10. The van der Waals surface area contributed by atoms with Crippen LogP contribution < -0.4 is 5.32 Å². The Balaban J connectivity index is 1.49. The van der Waals surface area contributed by atoms with Crippen LogP contribution in [0, 0.1) is 0 Å². The van der Waals surface area contributed by atoms with E-state index in [1.807, 2.05) is 23.6 Å². The van der Waals surface area contributed by atoms with Crippen molar-refractivity contribution in [3.05, 3.63) is 64.0 Å². The highest BCUT2D eigenvalue weighted by Gasteiger charge is 2.11. The third-order valence-corrected chi connectivity index (χ3v) is 5.94. The molecule has 0 aliphatic heterocycles. The number of carbonyl (C=O) groups is 1. The molecule has 1 heterocycles. The number of thioether (sulfide) groups is 1. The molecule has 134 valence electrons. The average molecular weight is 423 g/mol. The molecule has 3 nitrogen and oxygen atoms in total. The molecule has 3 aromatic rings. The van der Waals surface area contributed by atoms with Crippen LogP contribution in [0.25, 0.3) is 11.3 Å². The summed E-state index contributed by atoms with van der Waals surface area (Å²) >= 11 is 15.3. The van der Waals surface area contributed by atoms with Crippen LogP contribution in [0.15, 0.2) is 58.8 Å². The molecule has 0 bridgehead atoms. The first-order valence-electron chi connectivity index (χ1n) is 8.00. The van der Waals surface area contributed by atoms with Gasteiger partial charge in [0.05, 0.1) is 10.7 Å². The van der Waals surface area contributed by atoms with Crippen LogP contribution in [0.4, 0.5) is 5.13 Å². The number of aromatic nitrogens is 1. The van der Waals surface area contributed by atoms with Gasteiger partial charge in [-0.2, -0.15) is 0 Å². The molecule has 0 fully saturated rings. The first-order chi connectivity index (χ1) is 12.6. The molecule has 0 spiro atoms. The van der Waals surface area contributed by atoms with Crippen molar-refractivity contribution in [1.29, 1.82) is 0 Å². The zero-order valence-corrected chi connectivity index (χ0v) is 16.9. The van der Waals surface area contributed by atoms with Crippen molar-refractivity contribution in [1.82, 2.24) is 4.98 Å². The van der Waals surface area contributed by atoms with Gasteiger partial charge in [0.15, 0.2) is 5.13 Å². The summed E-state index contributed by atoms with van der Waals surface area (Å²) in [5.74, 6) is 0.871. The van der Waals surface area contributed by atoms with Crippen molar-refractivity contribution in [2.24, 2.45) is 0 Å². The summed E-state index contributed by atoms with van der Waals surface area (Å²) in [4.78, 5) is 17.7. The minimum atomic E-state index is -0.0308. The number of anilines is 1. The van der Waals surface area contributed by atoms with E-state index < -0.39 is 0 Å². The Morgan fingerprint density at radius 2 is 1.96 bits per heavy atom. The fraction of sp³-hybridized carbons (Fsp3) is 0.158. The lowest BCUT2D eigenvalue weighted by molar-refractivity contribution is -0.116. The minimum absolute atomic E-state index is 0.0308. The monoisotopic (exact) mass is 422 g/mol. The molecule has 1 amide bonds. The molecule has 0 aliphatic rings. The highest BCUT2D eigenvalue weighted by atomic mass is 35.5. The standard InChI is InChI=1S/C19H16Cl2N2OS2/c20-13-8-9-16(21)15(11-13)17-12-26-19(22-17)23-18(24)7-4-10-25-14-5-2-1-3-6-14/h1-3,5-6,8-9,11-12H,4,7,10H2,(H,22,23,24). The van der Waals surface area contributed by atoms with E-state index in [0.717, 1.165) is 17.7 Å². The molecule has 0 unspecified atom stereocenters. The van der Waals surface area contributed by atoms with Gasteiger partial charge >= 0.3 is 0 Å². The van der Waals surface area contributed by atoms with Crippen LogP contribution in [0.2, 0.25) is 10.0 Å². The Kier molecular flexibility index (Phi) is 6.97. The fourth-order valence-electron chi connectivity index (χ4n) is 2.27. The Hall–Kier alpha value is -1.53. The Labute approximate surface area is 170 Å². The van der Waals surface area contributed by atoms with E-state index in [9.17, 15) is 4.79 Å². The van der Waals surface area contributed by atoms with E-state index in [1.165, 1.54) is 16.2 Å². The van der Waals surface area contributed by atoms with Gasteiger partial charge in [-0.3, -0.25) is 4.79 Å². The second kappa shape index (κ2) is 9.42. The molecular weight excluding hydrogens is 407 g/mol. The zero-order valence-electron chi connectivity index (χ0n) is 13.7. The lowest BCUT2D eigenvalue weighted by Crippen LogP contribution is -2.11. The summed E-state index contributed by atoms with van der Waals surface area (Å²) in [5.41, 5.74) is 1.47. The predicted octanol–water partition coefficient (Wildman–Crippen LogP) is 6.63. The van der Waals surface area contributed by atoms with Crippen LogP contribution in [-0.2, 0) is 4.79 Å². The van der Waals surface area contributed by atoms with E-state index >= 15 is 0 Å². The van der Waals surface area contributed by atoms with Crippen molar-refractivity contribution in [2.75, 3.05) is 11.1 Å². The number of nitrogens with one attached hydrogen (secondary N) is 1. The number of rotatable bonds is 7. The molecule has 0 aliphatic carbocycles. The van der Waals surface area contributed by atoms with E-state index in [1.54, 1.807) is 30.0 Å². The lowest BCUT2D eigenvalue weighted by Gasteiger charge is -2.03. The predicted molar refractivity (Wildman–Crippen MR) is 113 cm³/mol. The summed E-state index contributed by atoms with van der Waals surface area (Å²) in [6.45, 7) is 0. The molecule has 0 atom stereocenters. The lowest BCUT2D eigenvalue weighted by atomic mass is 10.2. The number of benzene rings is 2. The largest absolute Gasteiger partial charge is 0.302 e. The van der Waals surface area contributed by atoms with Crippen LogP contribution in [0.5, 0.6) is 0 Å². The van der Waals surface area contributed by atoms with Gasteiger partial charge in [-0.15, -0.1) is 23.1 Å². The first-order valence-corrected chi connectivity index (χ1v) is 10.6. The summed E-state index contributed by atoms with van der Waals surface area (Å²) in [7, 11) is 0. The maximum absolute atomic E-state index is 12.1. The van der Waals surface area contributed by atoms with Crippen LogP contribution in [0.3, 0.4) is 0 Å². The van der Waals surface area contributed by atoms with Crippen LogP contribution in [-0.4, -0.2) is 16.6 Å². The van der Waals surface area contributed by atoms with Crippen molar-refractivity contribution in [3.8, 4) is 11.3 Å². The molecule has 1 aromatic heterocycles. The Bertz CT molecular complexity index is 884. The molecular formula is C19H16Cl2N2OS2. The SMILES string of the molecule is O=C(CCCSc1ccccc1)Nc1nc(-c2cc(Cl)ccc2Cl)cs1. The van der Waals surface area contributed by atoms with Gasteiger partial charge < -0.3 is 5.32 Å². The molecule has 26 heavy (non-hydrogen) atoms. The molecule has 3 rings (SSSR count). The number of nitrogens with zero attached hydrogens (tertiary/aromatic N) is 1. The minimum Gasteiger partial charge on any atom is -0.302 e. The number of amides is 1. The number of hydrogen-bond donors (Lipinski definition) is 1. The Morgan fingerprint density at radius 3 is 2.77 bits per heavy atom. The van der Waals surface area contributed by atoms with Gasteiger partial charge in [-0.05, 0) is 42.5 Å². The van der Waals surface area contributed by atoms with E-state index in [-0.39, 0.29) is 5.91 Å². The maximum atomic E-state index is 12.1. The van der Waals surface area contributed by atoms with Crippen molar-refractivity contribution >= 4 is 57.3 Å². The highest BCUT2D eigenvalue weighted by molar-refractivity contribution is 7.99. The third kappa shape index (κ3) is 5.48. The smallest absolute Gasteiger partial charge is 0.226 e.